The lowest BCUT2D eigenvalue weighted by Gasteiger charge is -2.23. The molecule has 3 atom stereocenters. The molecule has 4 nitrogen and oxygen atoms in total. The van der Waals surface area contributed by atoms with E-state index in [1.54, 1.807) is 0 Å². The minimum atomic E-state index is -3.69. The molecule has 1 fully saturated rings. The van der Waals surface area contributed by atoms with E-state index in [9.17, 15) is 13.5 Å². The summed E-state index contributed by atoms with van der Waals surface area (Å²) in [5.74, 6) is 0.512. The largest absolute Gasteiger partial charge is 0.387 e. The Morgan fingerprint density at radius 3 is 1.83 bits per heavy atom. The minimum Gasteiger partial charge on any atom is -0.387 e. The van der Waals surface area contributed by atoms with Gasteiger partial charge in [-0.2, -0.15) is 4.31 Å². The third-order valence-corrected chi connectivity index (χ3v) is 7.78. The van der Waals surface area contributed by atoms with Crippen molar-refractivity contribution >= 4 is 10.0 Å². The van der Waals surface area contributed by atoms with Gasteiger partial charge in [0.2, 0.25) is 10.0 Å². The Bertz CT molecular complexity index is 936. The summed E-state index contributed by atoms with van der Waals surface area (Å²) in [6.07, 6.45) is -0.814. The van der Waals surface area contributed by atoms with Crippen LogP contribution in [0.15, 0.2) is 47.4 Å². The summed E-state index contributed by atoms with van der Waals surface area (Å²) in [5.41, 5.74) is 3.67. The normalized spacial score (nSPS) is 20.5. The van der Waals surface area contributed by atoms with Crippen LogP contribution in [0.5, 0.6) is 0 Å². The molecule has 0 saturated carbocycles. The van der Waals surface area contributed by atoms with Crippen LogP contribution in [0.4, 0.5) is 0 Å². The summed E-state index contributed by atoms with van der Waals surface area (Å²) >= 11 is 0. The second-order valence-electron chi connectivity index (χ2n) is 8.99. The first-order chi connectivity index (χ1) is 13.6. The predicted octanol–water partition coefficient (Wildman–Crippen LogP) is 5.16. The molecule has 0 amide bonds. The van der Waals surface area contributed by atoms with E-state index in [1.807, 2.05) is 58.0 Å². The van der Waals surface area contributed by atoms with E-state index in [0.29, 0.717) is 17.4 Å². The number of aliphatic hydroxyl groups is 1. The fourth-order valence-corrected chi connectivity index (χ4v) is 6.09. The first kappa shape index (κ1) is 22.0. The highest BCUT2D eigenvalue weighted by Gasteiger charge is 2.50. The van der Waals surface area contributed by atoms with Gasteiger partial charge in [-0.3, -0.25) is 0 Å². The van der Waals surface area contributed by atoms with Gasteiger partial charge in [0.25, 0.3) is 0 Å². The Balaban J connectivity index is 2.05. The number of hydrogen-bond acceptors (Lipinski definition) is 3. The molecule has 1 saturated heterocycles. The van der Waals surface area contributed by atoms with Crippen molar-refractivity contribution in [1.82, 2.24) is 4.31 Å². The summed E-state index contributed by atoms with van der Waals surface area (Å²) in [4.78, 5) is 0.440. The van der Waals surface area contributed by atoms with Gasteiger partial charge in [0, 0.05) is 6.54 Å². The van der Waals surface area contributed by atoms with Crippen LogP contribution in [-0.4, -0.2) is 30.4 Å². The van der Waals surface area contributed by atoms with Gasteiger partial charge < -0.3 is 5.11 Å². The zero-order valence-electron chi connectivity index (χ0n) is 18.3. The van der Waals surface area contributed by atoms with Gasteiger partial charge in [-0.1, -0.05) is 84.0 Å². The fraction of sp³-hybridized carbons (Fsp3) is 0.500. The number of sulfonamides is 1. The number of aliphatic hydroxyl groups excluding tert-OH is 1. The highest BCUT2D eigenvalue weighted by Crippen LogP contribution is 2.42. The van der Waals surface area contributed by atoms with Crippen molar-refractivity contribution in [2.75, 3.05) is 6.54 Å². The van der Waals surface area contributed by atoms with Crippen LogP contribution < -0.4 is 0 Å². The van der Waals surface area contributed by atoms with E-state index in [0.717, 1.165) is 16.7 Å². The third kappa shape index (κ3) is 4.27. The molecule has 1 N–H and O–H groups in total. The maximum Gasteiger partial charge on any atom is 0.244 e. The molecule has 5 heteroatoms. The molecule has 0 spiro atoms. The molecule has 1 heterocycles. The van der Waals surface area contributed by atoms with Crippen LogP contribution in [0.1, 0.15) is 87.7 Å². The van der Waals surface area contributed by atoms with Gasteiger partial charge in [0.05, 0.1) is 17.0 Å². The Morgan fingerprint density at radius 2 is 1.38 bits per heavy atom. The van der Waals surface area contributed by atoms with Gasteiger partial charge in [-0.15, -0.1) is 0 Å². The molecular weight excluding hydrogens is 382 g/mol. The Kier molecular flexibility index (Phi) is 6.23. The quantitative estimate of drug-likeness (QED) is 0.635. The predicted molar refractivity (Wildman–Crippen MR) is 118 cm³/mol. The molecule has 0 aromatic heterocycles. The van der Waals surface area contributed by atoms with Crippen molar-refractivity contribution in [3.8, 4) is 0 Å². The fourth-order valence-electron chi connectivity index (χ4n) is 3.85. The highest BCUT2D eigenvalue weighted by molar-refractivity contribution is 7.89. The van der Waals surface area contributed by atoms with E-state index < -0.39 is 22.2 Å². The minimum absolute atomic E-state index is 0.0911. The smallest absolute Gasteiger partial charge is 0.244 e. The number of benzene rings is 2. The van der Waals surface area contributed by atoms with E-state index in [1.165, 1.54) is 9.87 Å². The summed E-state index contributed by atoms with van der Waals surface area (Å²) in [6, 6.07) is 13.0. The standard InChI is InChI=1S/C24H33NO3S/c1-15(2)19-12-20(16(3)4)24(21(13-19)17(5)6)29(27,28)25-14-22(25)23(26)18-10-8-7-9-11-18/h7-13,15-17,22-23,26H,14H2,1-6H3/t22-,23-,25?/m0/s1. The highest BCUT2D eigenvalue weighted by atomic mass is 32.2. The van der Waals surface area contributed by atoms with Gasteiger partial charge in [-0.25, -0.2) is 8.42 Å². The second kappa shape index (κ2) is 8.21. The molecule has 3 rings (SSSR count). The van der Waals surface area contributed by atoms with Crippen molar-refractivity contribution < 1.29 is 13.5 Å². The summed E-state index contributed by atoms with van der Waals surface area (Å²) < 4.78 is 28.8. The van der Waals surface area contributed by atoms with Crippen molar-refractivity contribution in [2.45, 2.75) is 76.3 Å². The van der Waals surface area contributed by atoms with Crippen LogP contribution in [-0.2, 0) is 10.0 Å². The van der Waals surface area contributed by atoms with E-state index in [2.05, 4.69) is 26.0 Å². The van der Waals surface area contributed by atoms with E-state index in [-0.39, 0.29) is 11.8 Å². The van der Waals surface area contributed by atoms with Crippen LogP contribution in [0.3, 0.4) is 0 Å². The van der Waals surface area contributed by atoms with Crippen molar-refractivity contribution in [3.05, 3.63) is 64.7 Å². The molecule has 158 valence electrons. The number of rotatable bonds is 7. The maximum absolute atomic E-state index is 13.7. The lowest BCUT2D eigenvalue weighted by molar-refractivity contribution is 0.168. The van der Waals surface area contributed by atoms with Crippen LogP contribution in [0, 0.1) is 0 Å². The zero-order valence-corrected chi connectivity index (χ0v) is 19.1. The van der Waals surface area contributed by atoms with Gasteiger partial charge in [0.1, 0.15) is 0 Å². The van der Waals surface area contributed by atoms with E-state index >= 15 is 0 Å². The van der Waals surface area contributed by atoms with Crippen molar-refractivity contribution in [1.29, 1.82) is 0 Å². The molecule has 29 heavy (non-hydrogen) atoms. The molecule has 1 unspecified atom stereocenters. The lowest BCUT2D eigenvalue weighted by atomic mass is 9.89. The maximum atomic E-state index is 13.7. The lowest BCUT2D eigenvalue weighted by Crippen LogP contribution is -2.22. The first-order valence-electron chi connectivity index (χ1n) is 10.5. The van der Waals surface area contributed by atoms with Gasteiger partial charge >= 0.3 is 0 Å². The molecule has 2 aromatic rings. The molecule has 0 aliphatic carbocycles. The average molecular weight is 416 g/mol. The molecule has 1 aliphatic heterocycles. The van der Waals surface area contributed by atoms with Gasteiger partial charge in [-0.05, 0) is 40.0 Å². The average Bonchev–Trinajstić information content (AvgIpc) is 3.48. The summed E-state index contributed by atoms with van der Waals surface area (Å²) in [5, 5.41) is 10.7. The second-order valence-corrected chi connectivity index (χ2v) is 10.8. The van der Waals surface area contributed by atoms with Crippen LogP contribution >= 0.6 is 0 Å². The Hall–Kier alpha value is -1.69. The molecule has 0 bridgehead atoms. The van der Waals surface area contributed by atoms with Crippen LogP contribution in [0.25, 0.3) is 0 Å². The van der Waals surface area contributed by atoms with Crippen LogP contribution in [0.2, 0.25) is 0 Å². The molecule has 2 aromatic carbocycles. The Labute approximate surface area is 175 Å². The van der Waals surface area contributed by atoms with Crippen molar-refractivity contribution in [3.63, 3.8) is 0 Å². The summed E-state index contributed by atoms with van der Waals surface area (Å²) in [6.45, 7) is 12.8. The van der Waals surface area contributed by atoms with Gasteiger partial charge in [0.15, 0.2) is 0 Å². The zero-order chi connectivity index (χ0) is 21.5. The topological polar surface area (TPSA) is 57.4 Å². The van der Waals surface area contributed by atoms with E-state index in [4.69, 9.17) is 0 Å². The molecular formula is C24H33NO3S. The van der Waals surface area contributed by atoms with Crippen molar-refractivity contribution in [2.24, 2.45) is 0 Å². The SMILES string of the molecule is CC(C)c1cc(C(C)C)c(S(=O)(=O)N2C[C@H]2[C@@H](O)c2ccccc2)c(C(C)C)c1. The Morgan fingerprint density at radius 1 is 0.862 bits per heavy atom. The number of nitrogens with zero attached hydrogens (tertiary/aromatic N) is 1. The molecule has 0 radical (unpaired) electrons. The summed E-state index contributed by atoms with van der Waals surface area (Å²) in [7, 11) is -3.69. The number of hydrogen-bond donors (Lipinski definition) is 1. The third-order valence-electron chi connectivity index (χ3n) is 5.75. The molecule has 1 aliphatic rings. The first-order valence-corrected chi connectivity index (χ1v) is 11.9. The monoisotopic (exact) mass is 415 g/mol.